The zero-order chi connectivity index (χ0) is 24.1. The van der Waals surface area contributed by atoms with E-state index in [2.05, 4.69) is 0 Å². The Morgan fingerprint density at radius 2 is 1.24 bits per heavy atom. The van der Waals surface area contributed by atoms with Crippen molar-refractivity contribution in [2.45, 2.75) is 13.5 Å². The predicted molar refractivity (Wildman–Crippen MR) is 130 cm³/mol. The minimum atomic E-state index is -0.943. The van der Waals surface area contributed by atoms with Crippen molar-refractivity contribution in [1.82, 2.24) is 0 Å². The van der Waals surface area contributed by atoms with Gasteiger partial charge in [0, 0.05) is 23.3 Å². The fourth-order valence-electron chi connectivity index (χ4n) is 3.60. The summed E-state index contributed by atoms with van der Waals surface area (Å²) in [6.07, 6.45) is 3.61. The Labute approximate surface area is 196 Å². The van der Waals surface area contributed by atoms with Crippen molar-refractivity contribution in [3.05, 3.63) is 113 Å². The van der Waals surface area contributed by atoms with Gasteiger partial charge in [0.25, 0.3) is 0 Å². The third kappa shape index (κ3) is 5.21. The van der Waals surface area contributed by atoms with Gasteiger partial charge in [0.05, 0.1) is 6.61 Å². The van der Waals surface area contributed by atoms with Crippen molar-refractivity contribution in [2.75, 3.05) is 6.61 Å². The molecular formula is C29H23F3O2. The van der Waals surface area contributed by atoms with E-state index in [9.17, 15) is 18.3 Å². The number of halogens is 3. The lowest BCUT2D eigenvalue weighted by molar-refractivity contribution is 0.131. The molecule has 0 spiro atoms. The lowest BCUT2D eigenvalue weighted by Crippen LogP contribution is -1.95. The van der Waals surface area contributed by atoms with Crippen LogP contribution in [0, 0.1) is 17.5 Å². The molecule has 0 heterocycles. The van der Waals surface area contributed by atoms with Crippen molar-refractivity contribution in [3.8, 4) is 28.0 Å². The van der Waals surface area contributed by atoms with E-state index in [4.69, 9.17) is 4.74 Å². The van der Waals surface area contributed by atoms with Gasteiger partial charge >= 0.3 is 0 Å². The van der Waals surface area contributed by atoms with Crippen LogP contribution >= 0.6 is 0 Å². The van der Waals surface area contributed by atoms with Crippen LogP contribution in [0.4, 0.5) is 13.2 Å². The van der Waals surface area contributed by atoms with E-state index in [1.54, 1.807) is 36.4 Å². The van der Waals surface area contributed by atoms with Gasteiger partial charge in [-0.1, -0.05) is 72.8 Å². The Hall–Kier alpha value is -3.83. The lowest BCUT2D eigenvalue weighted by atomic mass is 9.98. The monoisotopic (exact) mass is 460 g/mol. The van der Waals surface area contributed by atoms with Crippen LogP contribution in [0.15, 0.2) is 78.9 Å². The van der Waals surface area contributed by atoms with E-state index in [1.165, 1.54) is 42.5 Å². The van der Waals surface area contributed by atoms with E-state index in [0.29, 0.717) is 28.9 Å². The number of ether oxygens (including phenoxy) is 1. The van der Waals surface area contributed by atoms with Crippen molar-refractivity contribution in [2.24, 2.45) is 0 Å². The van der Waals surface area contributed by atoms with Gasteiger partial charge in [0.15, 0.2) is 11.6 Å². The quantitative estimate of drug-likeness (QED) is 0.285. The highest BCUT2D eigenvalue weighted by Gasteiger charge is 2.16. The van der Waals surface area contributed by atoms with Crippen LogP contribution < -0.4 is 0 Å². The smallest absolute Gasteiger partial charge is 0.167 e. The molecule has 5 heteroatoms. The van der Waals surface area contributed by atoms with Crippen molar-refractivity contribution < 1.29 is 23.0 Å². The predicted octanol–water partition coefficient (Wildman–Crippen LogP) is 7.85. The van der Waals surface area contributed by atoms with Crippen molar-refractivity contribution in [3.63, 3.8) is 0 Å². The van der Waals surface area contributed by atoms with Crippen LogP contribution in [0.2, 0.25) is 0 Å². The SMILES string of the molecule is CCOCc1ccc(/C=C/c2ccc(-c3ccc(-c4ccc(O)cc4)c(F)c3F)cc2)cc1F. The van der Waals surface area contributed by atoms with Gasteiger partial charge in [0.1, 0.15) is 11.6 Å². The molecule has 0 bridgehead atoms. The number of phenolic OH excluding ortho intramolecular Hbond substituents is 1. The zero-order valence-electron chi connectivity index (χ0n) is 18.6. The summed E-state index contributed by atoms with van der Waals surface area (Å²) >= 11 is 0. The molecule has 4 aromatic rings. The first-order chi connectivity index (χ1) is 16.5. The summed E-state index contributed by atoms with van der Waals surface area (Å²) in [6, 6.07) is 21.0. The number of phenols is 1. The second-order valence-electron chi connectivity index (χ2n) is 7.78. The van der Waals surface area contributed by atoms with Crippen LogP contribution in [0.25, 0.3) is 34.4 Å². The first-order valence-electron chi connectivity index (χ1n) is 10.9. The van der Waals surface area contributed by atoms with Gasteiger partial charge in [-0.3, -0.25) is 0 Å². The van der Waals surface area contributed by atoms with Crippen molar-refractivity contribution in [1.29, 1.82) is 0 Å². The van der Waals surface area contributed by atoms with Crippen molar-refractivity contribution >= 4 is 12.2 Å². The molecule has 172 valence electrons. The molecule has 0 saturated carbocycles. The Morgan fingerprint density at radius 3 is 1.79 bits per heavy atom. The van der Waals surface area contributed by atoms with Crippen LogP contribution in [0.1, 0.15) is 23.6 Å². The fourth-order valence-corrected chi connectivity index (χ4v) is 3.60. The molecular weight excluding hydrogens is 437 g/mol. The number of rotatable bonds is 7. The maximum atomic E-state index is 14.8. The molecule has 0 saturated heterocycles. The van der Waals surface area contributed by atoms with Gasteiger partial charge in [-0.2, -0.15) is 0 Å². The first kappa shape index (κ1) is 23.3. The summed E-state index contributed by atoms with van der Waals surface area (Å²) < 4.78 is 49.0. The molecule has 0 fully saturated rings. The average molecular weight is 460 g/mol. The summed E-state index contributed by atoms with van der Waals surface area (Å²) in [7, 11) is 0. The largest absolute Gasteiger partial charge is 0.508 e. The van der Waals surface area contributed by atoms with Gasteiger partial charge in [-0.05, 0) is 47.4 Å². The maximum absolute atomic E-state index is 14.8. The van der Waals surface area contributed by atoms with E-state index in [1.807, 2.05) is 19.1 Å². The normalized spacial score (nSPS) is 11.3. The third-order valence-corrected chi connectivity index (χ3v) is 5.49. The molecule has 0 aliphatic rings. The second kappa shape index (κ2) is 10.4. The second-order valence-corrected chi connectivity index (χ2v) is 7.78. The molecule has 34 heavy (non-hydrogen) atoms. The van der Waals surface area contributed by atoms with E-state index < -0.39 is 11.6 Å². The average Bonchev–Trinajstić information content (AvgIpc) is 2.85. The molecule has 0 radical (unpaired) electrons. The molecule has 0 aliphatic carbocycles. The van der Waals surface area contributed by atoms with Gasteiger partial charge < -0.3 is 9.84 Å². The Kier molecular flexibility index (Phi) is 7.14. The molecule has 0 atom stereocenters. The van der Waals surface area contributed by atoms with Gasteiger partial charge in [-0.25, -0.2) is 13.2 Å². The molecule has 0 amide bonds. The summed E-state index contributed by atoms with van der Waals surface area (Å²) in [5, 5.41) is 9.40. The number of hydrogen-bond acceptors (Lipinski definition) is 2. The first-order valence-corrected chi connectivity index (χ1v) is 10.9. The topological polar surface area (TPSA) is 29.5 Å². The van der Waals surface area contributed by atoms with Gasteiger partial charge in [0.2, 0.25) is 0 Å². The highest BCUT2D eigenvalue weighted by atomic mass is 19.2. The van der Waals surface area contributed by atoms with E-state index in [-0.39, 0.29) is 29.3 Å². The standard InChI is InChI=1S/C29H23F3O2/c1-2-34-18-23-10-7-20(17-27(23)30)4-3-19-5-8-21(9-6-19)25-15-16-26(29(32)28(25)31)22-11-13-24(33)14-12-22/h3-17,33H,2,18H2,1H3/b4-3+. The molecule has 0 unspecified atom stereocenters. The van der Waals surface area contributed by atoms with Crippen LogP contribution in [-0.2, 0) is 11.3 Å². The Balaban J connectivity index is 1.52. The molecule has 4 aromatic carbocycles. The van der Waals surface area contributed by atoms with Crippen LogP contribution in [0.3, 0.4) is 0 Å². The molecule has 1 N–H and O–H groups in total. The number of aromatic hydroxyl groups is 1. The van der Waals surface area contributed by atoms with Crippen LogP contribution in [0.5, 0.6) is 5.75 Å². The molecule has 4 rings (SSSR count). The molecule has 0 aliphatic heterocycles. The maximum Gasteiger partial charge on any atom is 0.167 e. The lowest BCUT2D eigenvalue weighted by Gasteiger charge is -2.10. The number of benzene rings is 4. The molecule has 2 nitrogen and oxygen atoms in total. The van der Waals surface area contributed by atoms with E-state index in [0.717, 1.165) is 5.56 Å². The minimum absolute atomic E-state index is 0.0547. The summed E-state index contributed by atoms with van der Waals surface area (Å²) in [6.45, 7) is 2.62. The van der Waals surface area contributed by atoms with Crippen LogP contribution in [-0.4, -0.2) is 11.7 Å². The fraction of sp³-hybridized carbons (Fsp3) is 0.103. The van der Waals surface area contributed by atoms with Gasteiger partial charge in [-0.15, -0.1) is 0 Å². The molecule has 0 aromatic heterocycles. The third-order valence-electron chi connectivity index (χ3n) is 5.49. The Bertz CT molecular complexity index is 1310. The van der Waals surface area contributed by atoms with E-state index >= 15 is 0 Å². The summed E-state index contributed by atoms with van der Waals surface area (Å²) in [4.78, 5) is 0. The number of hydrogen-bond donors (Lipinski definition) is 1. The minimum Gasteiger partial charge on any atom is -0.508 e. The highest BCUT2D eigenvalue weighted by Crippen LogP contribution is 2.32. The highest BCUT2D eigenvalue weighted by molar-refractivity contribution is 5.74. The summed E-state index contributed by atoms with van der Waals surface area (Å²) in [5.74, 6) is -2.14. The zero-order valence-corrected chi connectivity index (χ0v) is 18.6. The summed E-state index contributed by atoms with van der Waals surface area (Å²) in [5.41, 5.74) is 3.35. The Morgan fingerprint density at radius 1 is 0.706 bits per heavy atom.